The summed E-state index contributed by atoms with van der Waals surface area (Å²) in [6.45, 7) is 2.87. The highest BCUT2D eigenvalue weighted by Crippen LogP contribution is 2.33. The maximum atomic E-state index is 13.7. The van der Waals surface area contributed by atoms with Gasteiger partial charge in [-0.2, -0.15) is 0 Å². The van der Waals surface area contributed by atoms with Gasteiger partial charge in [0.2, 0.25) is 5.75 Å². The highest BCUT2D eigenvalue weighted by Gasteiger charge is 2.41. The lowest BCUT2D eigenvalue weighted by Gasteiger charge is -2.26. The third-order valence-electron chi connectivity index (χ3n) is 7.19. The van der Waals surface area contributed by atoms with Gasteiger partial charge in [0.05, 0.1) is 37.6 Å². The molecule has 0 saturated carbocycles. The Morgan fingerprint density at radius 1 is 1.12 bits per heavy atom. The molecule has 3 aromatic rings. The molecule has 3 heterocycles. The Morgan fingerprint density at radius 3 is 2.57 bits per heavy atom. The van der Waals surface area contributed by atoms with E-state index in [0.29, 0.717) is 25.1 Å². The second-order valence-corrected chi connectivity index (χ2v) is 10.3. The monoisotopic (exact) mass is 574 g/mol. The number of benzene rings is 2. The highest BCUT2D eigenvalue weighted by atomic mass is 19.1. The zero-order valence-electron chi connectivity index (χ0n) is 23.2. The van der Waals surface area contributed by atoms with Gasteiger partial charge in [0.25, 0.3) is 17.4 Å². The average molecular weight is 575 g/mol. The van der Waals surface area contributed by atoms with Crippen LogP contribution in [0.1, 0.15) is 46.8 Å². The summed E-state index contributed by atoms with van der Waals surface area (Å²) in [6.07, 6.45) is 1.33. The number of amides is 2. The van der Waals surface area contributed by atoms with Crippen molar-refractivity contribution in [3.8, 4) is 5.75 Å². The Balaban J connectivity index is 1.44. The smallest absolute Gasteiger partial charge is 0.296 e. The van der Waals surface area contributed by atoms with Gasteiger partial charge in [0.15, 0.2) is 5.69 Å². The number of likely N-dealkylation sites (tertiary alicyclic amines) is 1. The Morgan fingerprint density at radius 2 is 1.86 bits per heavy atom. The van der Waals surface area contributed by atoms with E-state index in [1.165, 1.54) is 42.4 Å². The number of halogens is 1. The van der Waals surface area contributed by atoms with Crippen molar-refractivity contribution in [2.24, 2.45) is 17.0 Å². The first-order valence-corrected chi connectivity index (χ1v) is 13.6. The summed E-state index contributed by atoms with van der Waals surface area (Å²) in [5, 5.41) is 13.2. The summed E-state index contributed by atoms with van der Waals surface area (Å²) >= 11 is 0. The topological polar surface area (TPSA) is 138 Å². The van der Waals surface area contributed by atoms with Gasteiger partial charge in [-0.25, -0.2) is 9.37 Å². The first kappa shape index (κ1) is 28.8. The maximum absolute atomic E-state index is 13.7. The molecule has 0 bridgehead atoms. The van der Waals surface area contributed by atoms with E-state index < -0.39 is 46.8 Å². The van der Waals surface area contributed by atoms with Crippen LogP contribution < -0.4 is 10.9 Å². The van der Waals surface area contributed by atoms with Crippen LogP contribution in [0.5, 0.6) is 5.75 Å². The molecule has 5 rings (SSSR count). The first-order valence-electron chi connectivity index (χ1n) is 13.6. The van der Waals surface area contributed by atoms with Crippen LogP contribution in [0.3, 0.4) is 0 Å². The Kier molecular flexibility index (Phi) is 8.53. The summed E-state index contributed by atoms with van der Waals surface area (Å²) in [6, 6.07) is 14.2. The van der Waals surface area contributed by atoms with Crippen LogP contribution in [0, 0.1) is 5.82 Å². The Labute approximate surface area is 241 Å². The molecule has 2 amide bonds. The number of nitrogens with zero attached hydrogens (tertiary/aromatic N) is 5. The summed E-state index contributed by atoms with van der Waals surface area (Å²) in [7, 11) is 1.42. The van der Waals surface area contributed by atoms with Crippen molar-refractivity contribution >= 4 is 23.7 Å². The summed E-state index contributed by atoms with van der Waals surface area (Å²) < 4.78 is 20.5. The molecule has 0 spiro atoms. The number of nitrogens with one attached hydrogen (secondary N) is 1. The minimum atomic E-state index is -0.835. The number of rotatable bonds is 8. The second-order valence-electron chi connectivity index (χ2n) is 10.3. The van der Waals surface area contributed by atoms with E-state index in [1.807, 2.05) is 37.3 Å². The van der Waals surface area contributed by atoms with E-state index in [2.05, 4.69) is 20.3 Å². The van der Waals surface area contributed by atoms with Crippen LogP contribution >= 0.6 is 0 Å². The molecule has 0 radical (unpaired) electrons. The molecule has 2 N–H and O–H groups in total. The van der Waals surface area contributed by atoms with Crippen molar-refractivity contribution in [1.82, 2.24) is 19.8 Å². The van der Waals surface area contributed by atoms with Crippen LogP contribution in [0.25, 0.3) is 0 Å². The molecular formula is C30H31FN6O5. The van der Waals surface area contributed by atoms with Crippen LogP contribution in [-0.2, 0) is 29.7 Å². The van der Waals surface area contributed by atoms with Gasteiger partial charge in [0.1, 0.15) is 17.4 Å². The number of ether oxygens (including phenoxy) is 1. The second kappa shape index (κ2) is 12.4. The molecule has 3 unspecified atom stereocenters. The number of carbonyl (C=O) groups excluding carboxylic acids is 2. The van der Waals surface area contributed by atoms with Gasteiger partial charge in [-0.05, 0) is 30.2 Å². The van der Waals surface area contributed by atoms with Crippen molar-refractivity contribution in [2.75, 3.05) is 13.1 Å². The van der Waals surface area contributed by atoms with Crippen LogP contribution in [0.4, 0.5) is 4.39 Å². The Bertz CT molecular complexity index is 1590. The fourth-order valence-corrected chi connectivity index (χ4v) is 4.97. The minimum Gasteiger partial charge on any atom is -0.501 e. The molecule has 2 aromatic carbocycles. The lowest BCUT2D eigenvalue weighted by atomic mass is 10.1. The molecule has 12 heteroatoms. The summed E-state index contributed by atoms with van der Waals surface area (Å²) in [4.78, 5) is 54.4. The highest BCUT2D eigenvalue weighted by molar-refractivity contribution is 6.60. The van der Waals surface area contributed by atoms with E-state index in [9.17, 15) is 23.9 Å². The molecule has 11 nitrogen and oxygen atoms in total. The largest absolute Gasteiger partial charge is 0.501 e. The molecule has 0 aliphatic carbocycles. The van der Waals surface area contributed by atoms with Gasteiger partial charge in [0, 0.05) is 26.6 Å². The number of aromatic hydroxyl groups is 1. The third-order valence-corrected chi connectivity index (χ3v) is 7.19. The number of carbonyl (C=O) groups is 2. The maximum Gasteiger partial charge on any atom is 0.296 e. The standard InChI is InChI=1S/C30H31FN6O5/c1-18-13-32-15-23(34-18)29(40)37-16-22(42-17-20-6-4-3-5-7-20)12-24(37)27-35-25(26(38)30(41)36(27)2)28(39)33-14-19-8-10-21(31)11-9-19/h3-11,15,18,22,24,38H,12-14,16-17H2,1-2H3,(H,33,39). The lowest BCUT2D eigenvalue weighted by Crippen LogP contribution is -2.41. The van der Waals surface area contributed by atoms with E-state index in [1.54, 1.807) is 0 Å². The van der Waals surface area contributed by atoms with E-state index in [0.717, 1.165) is 10.1 Å². The number of aromatic nitrogens is 2. The van der Waals surface area contributed by atoms with Gasteiger partial charge >= 0.3 is 0 Å². The van der Waals surface area contributed by atoms with Crippen molar-refractivity contribution in [1.29, 1.82) is 0 Å². The number of hydrogen-bond acceptors (Lipinski definition) is 8. The predicted molar refractivity (Wildman–Crippen MR) is 153 cm³/mol. The van der Waals surface area contributed by atoms with E-state index in [4.69, 9.17) is 4.74 Å². The normalized spacial score (nSPS) is 19.9. The van der Waals surface area contributed by atoms with Gasteiger partial charge in [-0.1, -0.05) is 42.5 Å². The van der Waals surface area contributed by atoms with Gasteiger partial charge in [-0.15, -0.1) is 0 Å². The third kappa shape index (κ3) is 6.28. The quantitative estimate of drug-likeness (QED) is 0.424. The molecule has 1 saturated heterocycles. The minimum absolute atomic E-state index is 0.0194. The number of hydrogen-bond donors (Lipinski definition) is 2. The molecule has 2 aliphatic heterocycles. The summed E-state index contributed by atoms with van der Waals surface area (Å²) in [5.74, 6) is -2.30. The van der Waals surface area contributed by atoms with Gasteiger partial charge < -0.3 is 20.1 Å². The molecule has 218 valence electrons. The first-order chi connectivity index (χ1) is 20.2. The molecule has 3 atom stereocenters. The SMILES string of the molecule is CC1CN=CC(C(=O)N2CC(OCc3ccccc3)CC2c2nc(C(=O)NCc3ccc(F)cc3)c(O)c(=O)n2C)=N1. The van der Waals surface area contributed by atoms with Crippen LogP contribution in [0.15, 0.2) is 69.4 Å². The van der Waals surface area contributed by atoms with Gasteiger partial charge in [-0.3, -0.25) is 28.9 Å². The van der Waals surface area contributed by atoms with Crippen LogP contribution in [-0.4, -0.2) is 68.5 Å². The fraction of sp³-hybridized carbons (Fsp3) is 0.333. The van der Waals surface area contributed by atoms with Crippen molar-refractivity contribution in [3.05, 3.63) is 93.4 Å². The lowest BCUT2D eigenvalue weighted by molar-refractivity contribution is -0.125. The van der Waals surface area contributed by atoms with Crippen LogP contribution in [0.2, 0.25) is 0 Å². The number of aliphatic imine (C=N–C) groups is 2. The Hall–Kier alpha value is -4.71. The van der Waals surface area contributed by atoms with Crippen molar-refractivity contribution in [3.63, 3.8) is 0 Å². The zero-order valence-corrected chi connectivity index (χ0v) is 23.2. The van der Waals surface area contributed by atoms with Crippen molar-refractivity contribution < 1.29 is 23.8 Å². The average Bonchev–Trinajstić information content (AvgIpc) is 3.42. The van der Waals surface area contributed by atoms with Crippen molar-refractivity contribution in [2.45, 2.75) is 44.7 Å². The molecule has 42 heavy (non-hydrogen) atoms. The zero-order chi connectivity index (χ0) is 29.8. The molecule has 1 aromatic heterocycles. The summed E-state index contributed by atoms with van der Waals surface area (Å²) in [5.41, 5.74) is 0.457. The fourth-order valence-electron chi connectivity index (χ4n) is 4.97. The molecular weight excluding hydrogens is 543 g/mol. The predicted octanol–water partition coefficient (Wildman–Crippen LogP) is 2.33. The molecule has 1 fully saturated rings. The van der Waals surface area contributed by atoms with E-state index in [-0.39, 0.29) is 30.7 Å². The van der Waals surface area contributed by atoms with E-state index >= 15 is 0 Å². The molecule has 2 aliphatic rings.